The predicted molar refractivity (Wildman–Crippen MR) is 53.8 cm³/mol. The number of rotatable bonds is 2. The highest BCUT2D eigenvalue weighted by atomic mass is 14.8. The molecule has 0 saturated carbocycles. The zero-order valence-corrected chi connectivity index (χ0v) is 8.33. The lowest BCUT2D eigenvalue weighted by Gasteiger charge is -2.05. The fourth-order valence-electron chi connectivity index (χ4n) is 1.26. The molecular formula is C11H14N2. The van der Waals surface area contributed by atoms with Gasteiger partial charge in [0, 0.05) is 11.4 Å². The summed E-state index contributed by atoms with van der Waals surface area (Å²) in [6.45, 7) is 13.1. The second-order valence-corrected chi connectivity index (χ2v) is 3.62. The van der Waals surface area contributed by atoms with E-state index in [0.29, 0.717) is 11.6 Å². The van der Waals surface area contributed by atoms with Crippen LogP contribution < -0.4 is 0 Å². The van der Waals surface area contributed by atoms with Gasteiger partial charge in [-0.25, -0.2) is 4.85 Å². The van der Waals surface area contributed by atoms with Crippen LogP contribution in [-0.2, 0) is 6.42 Å². The van der Waals surface area contributed by atoms with E-state index in [0.717, 1.165) is 17.8 Å². The number of aryl methyl sites for hydroxylation is 1. The van der Waals surface area contributed by atoms with Crippen molar-refractivity contribution in [3.8, 4) is 0 Å². The summed E-state index contributed by atoms with van der Waals surface area (Å²) in [5.74, 6) is 0.616. The van der Waals surface area contributed by atoms with Gasteiger partial charge in [0.05, 0.1) is 6.57 Å². The topological polar surface area (TPSA) is 17.2 Å². The maximum Gasteiger partial charge on any atom is 0.208 e. The maximum atomic E-state index is 6.88. The van der Waals surface area contributed by atoms with E-state index >= 15 is 0 Å². The lowest BCUT2D eigenvalue weighted by atomic mass is 10.1. The second-order valence-electron chi connectivity index (χ2n) is 3.62. The Morgan fingerprint density at radius 3 is 2.62 bits per heavy atom. The first-order valence-corrected chi connectivity index (χ1v) is 4.47. The molecule has 0 aliphatic heterocycles. The minimum absolute atomic E-state index is 0.616. The summed E-state index contributed by atoms with van der Waals surface area (Å²) < 4.78 is 0. The van der Waals surface area contributed by atoms with Gasteiger partial charge in [0.2, 0.25) is 5.69 Å². The van der Waals surface area contributed by atoms with Crippen molar-refractivity contribution in [2.45, 2.75) is 27.2 Å². The molecule has 0 unspecified atom stereocenters. The van der Waals surface area contributed by atoms with Gasteiger partial charge in [-0.05, 0) is 19.3 Å². The Labute approximate surface area is 79.4 Å². The molecule has 0 aliphatic rings. The first-order chi connectivity index (χ1) is 6.13. The van der Waals surface area contributed by atoms with Gasteiger partial charge in [-0.15, -0.1) is 0 Å². The van der Waals surface area contributed by atoms with E-state index in [2.05, 4.69) is 23.7 Å². The van der Waals surface area contributed by atoms with Gasteiger partial charge in [-0.3, -0.25) is 4.98 Å². The molecule has 1 aromatic rings. The van der Waals surface area contributed by atoms with Gasteiger partial charge in [-0.2, -0.15) is 0 Å². The van der Waals surface area contributed by atoms with Crippen molar-refractivity contribution in [2.24, 2.45) is 5.92 Å². The molecule has 13 heavy (non-hydrogen) atoms. The molecule has 1 aromatic heterocycles. The minimum atomic E-state index is 0.616. The van der Waals surface area contributed by atoms with Gasteiger partial charge in [-0.1, -0.05) is 26.0 Å². The van der Waals surface area contributed by atoms with E-state index in [1.54, 1.807) is 0 Å². The van der Waals surface area contributed by atoms with E-state index < -0.39 is 0 Å². The largest absolute Gasteiger partial charge is 0.270 e. The third kappa shape index (κ3) is 2.55. The van der Waals surface area contributed by atoms with Crippen molar-refractivity contribution in [2.75, 3.05) is 0 Å². The van der Waals surface area contributed by atoms with Gasteiger partial charge >= 0.3 is 0 Å². The predicted octanol–water partition coefficient (Wildman–Crippen LogP) is 3.14. The zero-order chi connectivity index (χ0) is 9.84. The Morgan fingerprint density at radius 1 is 1.46 bits per heavy atom. The highest BCUT2D eigenvalue weighted by molar-refractivity contribution is 5.48. The van der Waals surface area contributed by atoms with Crippen molar-refractivity contribution in [3.05, 3.63) is 34.9 Å². The Morgan fingerprint density at radius 2 is 2.15 bits per heavy atom. The number of aromatic nitrogens is 1. The fourth-order valence-corrected chi connectivity index (χ4v) is 1.26. The van der Waals surface area contributed by atoms with E-state index in [1.807, 2.05) is 19.1 Å². The molecule has 0 radical (unpaired) electrons. The SMILES string of the molecule is [C-]#[N+]c1ccc(CC(C)C)nc1C. The van der Waals surface area contributed by atoms with Crippen LogP contribution >= 0.6 is 0 Å². The van der Waals surface area contributed by atoms with Crippen molar-refractivity contribution < 1.29 is 0 Å². The lowest BCUT2D eigenvalue weighted by molar-refractivity contribution is 0.634. The van der Waals surface area contributed by atoms with Gasteiger partial charge in [0.15, 0.2) is 0 Å². The smallest absolute Gasteiger partial charge is 0.208 e. The molecule has 0 amide bonds. The first kappa shape index (κ1) is 9.73. The standard InChI is InChI=1S/C11H14N2/c1-8(2)7-10-5-6-11(12-4)9(3)13-10/h5-6,8H,7H2,1-3H3. The third-order valence-electron chi connectivity index (χ3n) is 1.85. The molecule has 0 aromatic carbocycles. The van der Waals surface area contributed by atoms with Crippen molar-refractivity contribution in [1.29, 1.82) is 0 Å². The summed E-state index contributed by atoms with van der Waals surface area (Å²) in [6.07, 6.45) is 0.985. The maximum absolute atomic E-state index is 6.88. The molecule has 0 atom stereocenters. The first-order valence-electron chi connectivity index (χ1n) is 4.47. The monoisotopic (exact) mass is 174 g/mol. The summed E-state index contributed by atoms with van der Waals surface area (Å²) in [4.78, 5) is 7.75. The van der Waals surface area contributed by atoms with Gasteiger partial charge < -0.3 is 0 Å². The normalized spacial score (nSPS) is 10.1. The summed E-state index contributed by atoms with van der Waals surface area (Å²) in [5, 5.41) is 0. The number of hydrogen-bond donors (Lipinski definition) is 0. The number of pyridine rings is 1. The average molecular weight is 174 g/mol. The molecule has 0 bridgehead atoms. The van der Waals surface area contributed by atoms with Gasteiger partial charge in [0.25, 0.3) is 0 Å². The summed E-state index contributed by atoms with van der Waals surface area (Å²) in [7, 11) is 0. The van der Waals surface area contributed by atoms with Crippen molar-refractivity contribution in [1.82, 2.24) is 4.98 Å². The van der Waals surface area contributed by atoms with Crippen molar-refractivity contribution in [3.63, 3.8) is 0 Å². The van der Waals surface area contributed by atoms with E-state index in [9.17, 15) is 0 Å². The van der Waals surface area contributed by atoms with Crippen LogP contribution in [0.4, 0.5) is 5.69 Å². The third-order valence-corrected chi connectivity index (χ3v) is 1.85. The number of hydrogen-bond acceptors (Lipinski definition) is 1. The van der Waals surface area contributed by atoms with E-state index in [4.69, 9.17) is 6.57 Å². The molecule has 0 aliphatic carbocycles. The molecular weight excluding hydrogens is 160 g/mol. The highest BCUT2D eigenvalue weighted by Gasteiger charge is 2.02. The van der Waals surface area contributed by atoms with Crippen LogP contribution in [0.2, 0.25) is 0 Å². The molecule has 2 heteroatoms. The van der Waals surface area contributed by atoms with Gasteiger partial charge in [0.1, 0.15) is 0 Å². The Balaban J connectivity index is 2.91. The fraction of sp³-hybridized carbons (Fsp3) is 0.455. The van der Waals surface area contributed by atoms with Crippen LogP contribution in [0.1, 0.15) is 25.2 Å². The molecule has 0 saturated heterocycles. The summed E-state index contributed by atoms with van der Waals surface area (Å²) in [5.41, 5.74) is 2.58. The van der Waals surface area contributed by atoms with E-state index in [-0.39, 0.29) is 0 Å². The summed E-state index contributed by atoms with van der Waals surface area (Å²) >= 11 is 0. The zero-order valence-electron chi connectivity index (χ0n) is 8.33. The molecule has 1 heterocycles. The number of nitrogens with zero attached hydrogens (tertiary/aromatic N) is 2. The lowest BCUT2D eigenvalue weighted by Crippen LogP contribution is -1.97. The highest BCUT2D eigenvalue weighted by Crippen LogP contribution is 2.17. The van der Waals surface area contributed by atoms with Crippen LogP contribution in [-0.4, -0.2) is 4.98 Å². The summed E-state index contributed by atoms with van der Waals surface area (Å²) in [6, 6.07) is 3.80. The molecule has 2 nitrogen and oxygen atoms in total. The second kappa shape index (κ2) is 4.04. The minimum Gasteiger partial charge on any atom is -0.270 e. The Hall–Kier alpha value is -1.36. The molecule has 68 valence electrons. The van der Waals surface area contributed by atoms with Crippen LogP contribution in [0.5, 0.6) is 0 Å². The quantitative estimate of drug-likeness (QED) is 0.629. The van der Waals surface area contributed by atoms with Crippen LogP contribution in [0.25, 0.3) is 4.85 Å². The molecule has 0 fully saturated rings. The van der Waals surface area contributed by atoms with Crippen LogP contribution in [0.3, 0.4) is 0 Å². The van der Waals surface area contributed by atoms with Crippen molar-refractivity contribution >= 4 is 5.69 Å². The van der Waals surface area contributed by atoms with Crippen LogP contribution in [0, 0.1) is 19.4 Å². The average Bonchev–Trinajstić information content (AvgIpc) is 2.03. The molecule has 1 rings (SSSR count). The Kier molecular flexibility index (Phi) is 3.02. The van der Waals surface area contributed by atoms with E-state index in [1.165, 1.54) is 0 Å². The Bertz CT molecular complexity index is 334. The van der Waals surface area contributed by atoms with Crippen LogP contribution in [0.15, 0.2) is 12.1 Å². The molecule has 0 spiro atoms. The molecule has 0 N–H and O–H groups in total.